The molecule has 0 amide bonds. The largest absolute Gasteiger partial charge is 0.440 e. The van der Waals surface area contributed by atoms with Crippen LogP contribution in [0.1, 0.15) is 11.1 Å². The lowest BCUT2D eigenvalue weighted by Gasteiger charge is -2.40. The molecule has 190 valence electrons. The molecule has 3 aromatic rings. The number of ether oxygens (including phenoxy) is 1. The van der Waals surface area contributed by atoms with Crippen LogP contribution in [0.4, 0.5) is 10.3 Å². The predicted molar refractivity (Wildman–Crippen MR) is 137 cm³/mol. The molecule has 0 N–H and O–H groups in total. The van der Waals surface area contributed by atoms with Gasteiger partial charge in [-0.25, -0.2) is 29.3 Å². The molecular weight excluding hydrogens is 477 g/mol. The molecule has 12 heteroatoms. The van der Waals surface area contributed by atoms with E-state index < -0.39 is 6.67 Å². The van der Waals surface area contributed by atoms with E-state index in [0.29, 0.717) is 48.5 Å². The van der Waals surface area contributed by atoms with Crippen molar-refractivity contribution in [2.45, 2.75) is 6.04 Å². The topological polar surface area (TPSA) is 118 Å². The molecule has 0 spiro atoms. The molecule has 0 radical (unpaired) electrons. The van der Waals surface area contributed by atoms with Crippen LogP contribution >= 0.6 is 0 Å². The van der Waals surface area contributed by atoms with E-state index in [1.165, 1.54) is 6.39 Å². The number of aliphatic imine (C=N–C) groups is 2. The SMILES string of the molecule is C=N/C=C\C=N/CN1CCN(c2ncc(C#Cc3cnc(-c4cnco4)nc3)cn2)CC1COCCF. The van der Waals surface area contributed by atoms with Gasteiger partial charge in [0.25, 0.3) is 0 Å². The second-order valence-corrected chi connectivity index (χ2v) is 7.86. The maximum absolute atomic E-state index is 12.6. The monoisotopic (exact) mass is 503 g/mol. The van der Waals surface area contributed by atoms with E-state index in [9.17, 15) is 4.39 Å². The summed E-state index contributed by atoms with van der Waals surface area (Å²) in [5.74, 6) is 7.57. The highest BCUT2D eigenvalue weighted by molar-refractivity contribution is 5.70. The zero-order valence-corrected chi connectivity index (χ0v) is 20.1. The summed E-state index contributed by atoms with van der Waals surface area (Å²) in [6, 6.07) is 0.0157. The van der Waals surface area contributed by atoms with Crippen molar-refractivity contribution in [3.05, 3.63) is 60.8 Å². The van der Waals surface area contributed by atoms with Gasteiger partial charge in [-0.15, -0.1) is 0 Å². The molecule has 1 saturated heterocycles. The number of oxazole rings is 1. The van der Waals surface area contributed by atoms with E-state index in [2.05, 4.69) is 63.3 Å². The van der Waals surface area contributed by atoms with Gasteiger partial charge in [0, 0.05) is 56.8 Å². The molecule has 4 heterocycles. The number of halogens is 1. The van der Waals surface area contributed by atoms with Crippen molar-refractivity contribution in [2.75, 3.05) is 51.1 Å². The molecule has 1 aliphatic rings. The smallest absolute Gasteiger partial charge is 0.225 e. The van der Waals surface area contributed by atoms with Crippen LogP contribution in [0.15, 0.2) is 64.1 Å². The number of alkyl halides is 1. The van der Waals surface area contributed by atoms with Crippen LogP contribution in [0.5, 0.6) is 0 Å². The third kappa shape index (κ3) is 7.57. The van der Waals surface area contributed by atoms with Crippen molar-refractivity contribution < 1.29 is 13.5 Å². The van der Waals surface area contributed by atoms with Gasteiger partial charge >= 0.3 is 0 Å². The molecule has 11 nitrogen and oxygen atoms in total. The number of hydrogen-bond donors (Lipinski definition) is 0. The Morgan fingerprint density at radius 1 is 1.11 bits per heavy atom. The first-order valence-corrected chi connectivity index (χ1v) is 11.6. The second-order valence-electron chi connectivity index (χ2n) is 7.86. The fraction of sp³-hybridized carbons (Fsp3) is 0.320. The highest BCUT2D eigenvalue weighted by Crippen LogP contribution is 2.16. The first-order valence-electron chi connectivity index (χ1n) is 11.6. The van der Waals surface area contributed by atoms with Gasteiger partial charge < -0.3 is 14.1 Å². The molecule has 1 fully saturated rings. The number of allylic oxidation sites excluding steroid dienone is 1. The average molecular weight is 504 g/mol. The molecule has 37 heavy (non-hydrogen) atoms. The Kier molecular flexibility index (Phi) is 9.51. The molecule has 3 aromatic heterocycles. The van der Waals surface area contributed by atoms with Crippen molar-refractivity contribution in [3.8, 4) is 23.4 Å². The predicted octanol–water partition coefficient (Wildman–Crippen LogP) is 2.04. The summed E-state index contributed by atoms with van der Waals surface area (Å²) in [5, 5.41) is 0. The van der Waals surface area contributed by atoms with Gasteiger partial charge in [0.15, 0.2) is 18.0 Å². The molecule has 0 aliphatic carbocycles. The number of aromatic nitrogens is 5. The van der Waals surface area contributed by atoms with E-state index in [-0.39, 0.29) is 12.6 Å². The molecular formula is C25H26FN9O2. The van der Waals surface area contributed by atoms with E-state index in [4.69, 9.17) is 9.15 Å². The Bertz CT molecular complexity index is 1240. The summed E-state index contributed by atoms with van der Waals surface area (Å²) in [7, 11) is 0. The Morgan fingerprint density at radius 2 is 1.86 bits per heavy atom. The van der Waals surface area contributed by atoms with E-state index >= 15 is 0 Å². The quantitative estimate of drug-likeness (QED) is 0.233. The van der Waals surface area contributed by atoms with Crippen LogP contribution in [0.3, 0.4) is 0 Å². The van der Waals surface area contributed by atoms with Crippen LogP contribution in [0.2, 0.25) is 0 Å². The Hall–Kier alpha value is -4.34. The minimum absolute atomic E-state index is 0.0157. The van der Waals surface area contributed by atoms with Gasteiger partial charge in [0.2, 0.25) is 5.95 Å². The molecule has 0 saturated carbocycles. The summed E-state index contributed by atoms with van der Waals surface area (Å²) < 4.78 is 23.2. The second kappa shape index (κ2) is 13.7. The summed E-state index contributed by atoms with van der Waals surface area (Å²) in [4.78, 5) is 33.7. The van der Waals surface area contributed by atoms with Crippen molar-refractivity contribution in [2.24, 2.45) is 9.98 Å². The fourth-order valence-corrected chi connectivity index (χ4v) is 3.54. The zero-order valence-electron chi connectivity index (χ0n) is 20.1. The molecule has 4 rings (SSSR count). The first-order chi connectivity index (χ1) is 18.3. The summed E-state index contributed by atoms with van der Waals surface area (Å²) in [5.41, 5.74) is 1.32. The number of anilines is 1. The Morgan fingerprint density at radius 3 is 2.54 bits per heavy atom. The molecule has 0 aromatic carbocycles. The first kappa shape index (κ1) is 25.7. The van der Waals surface area contributed by atoms with E-state index in [1.54, 1.807) is 49.5 Å². The van der Waals surface area contributed by atoms with Crippen LogP contribution in [0, 0.1) is 11.8 Å². The van der Waals surface area contributed by atoms with Gasteiger partial charge in [0.1, 0.15) is 6.67 Å². The van der Waals surface area contributed by atoms with Crippen LogP contribution < -0.4 is 4.90 Å². The third-order valence-electron chi connectivity index (χ3n) is 5.36. The van der Waals surface area contributed by atoms with Crippen LogP contribution in [-0.2, 0) is 4.74 Å². The van der Waals surface area contributed by atoms with Crippen molar-refractivity contribution in [1.82, 2.24) is 29.8 Å². The van der Waals surface area contributed by atoms with Gasteiger partial charge in [-0.1, -0.05) is 11.8 Å². The minimum Gasteiger partial charge on any atom is -0.440 e. The van der Waals surface area contributed by atoms with E-state index in [1.807, 2.05) is 0 Å². The van der Waals surface area contributed by atoms with E-state index in [0.717, 1.165) is 13.1 Å². The maximum Gasteiger partial charge on any atom is 0.225 e. The summed E-state index contributed by atoms with van der Waals surface area (Å²) in [6.45, 7) is 5.92. The Balaban J connectivity index is 1.36. The van der Waals surface area contributed by atoms with Crippen molar-refractivity contribution >= 4 is 18.9 Å². The molecule has 1 atom stereocenters. The highest BCUT2D eigenvalue weighted by Gasteiger charge is 2.28. The van der Waals surface area contributed by atoms with Crippen molar-refractivity contribution in [3.63, 3.8) is 0 Å². The summed E-state index contributed by atoms with van der Waals surface area (Å²) >= 11 is 0. The lowest BCUT2D eigenvalue weighted by Crippen LogP contribution is -2.55. The number of nitrogens with zero attached hydrogens (tertiary/aromatic N) is 9. The van der Waals surface area contributed by atoms with Crippen molar-refractivity contribution in [1.29, 1.82) is 0 Å². The maximum atomic E-state index is 12.6. The lowest BCUT2D eigenvalue weighted by atomic mass is 10.2. The lowest BCUT2D eigenvalue weighted by molar-refractivity contribution is 0.0483. The Labute approximate surface area is 213 Å². The third-order valence-corrected chi connectivity index (χ3v) is 5.36. The minimum atomic E-state index is -0.517. The van der Waals surface area contributed by atoms with Crippen LogP contribution in [0.25, 0.3) is 11.6 Å². The standard InChI is InChI=1S/C25H26FN9O2/c1-27-6-2-7-28-18-35-9-8-34(16-22(35)17-36-10-5-26)25-32-13-21(14-33-25)4-3-20-11-30-24(31-12-20)23-15-29-19-37-23/h2,6-7,11-15,19,22H,1,5,8-10,16-18H2/b6-2-,28-7-. The number of hydrogen-bond acceptors (Lipinski definition) is 11. The summed E-state index contributed by atoms with van der Waals surface area (Å²) in [6.07, 6.45) is 14.5. The zero-order chi connectivity index (χ0) is 25.7. The fourth-order valence-electron chi connectivity index (χ4n) is 3.54. The van der Waals surface area contributed by atoms with Gasteiger partial charge in [-0.2, -0.15) is 0 Å². The molecule has 1 unspecified atom stereocenters. The average Bonchev–Trinajstić information content (AvgIpc) is 3.48. The van der Waals surface area contributed by atoms with Gasteiger partial charge in [-0.3, -0.25) is 14.9 Å². The highest BCUT2D eigenvalue weighted by atomic mass is 19.1. The van der Waals surface area contributed by atoms with Crippen LogP contribution in [-0.4, -0.2) is 95.0 Å². The molecule has 1 aliphatic heterocycles. The number of rotatable bonds is 10. The number of piperazine rings is 1. The normalized spacial score (nSPS) is 16.2. The van der Waals surface area contributed by atoms with Gasteiger partial charge in [0.05, 0.1) is 43.2 Å². The van der Waals surface area contributed by atoms with Gasteiger partial charge in [-0.05, 0) is 12.8 Å². The molecule has 0 bridgehead atoms.